The van der Waals surface area contributed by atoms with Crippen molar-refractivity contribution in [1.82, 2.24) is 9.78 Å². The van der Waals surface area contributed by atoms with Gasteiger partial charge in [-0.25, -0.2) is 9.07 Å². The molecular weight excluding hydrogens is 429 g/mol. The van der Waals surface area contributed by atoms with E-state index in [0.29, 0.717) is 46.3 Å². The van der Waals surface area contributed by atoms with Gasteiger partial charge in [-0.2, -0.15) is 10.4 Å². The molecule has 2 aromatic carbocycles. The summed E-state index contributed by atoms with van der Waals surface area (Å²) in [6.45, 7) is 0.411. The Bertz CT molecular complexity index is 1080. The van der Waals surface area contributed by atoms with Gasteiger partial charge in [-0.05, 0) is 46.3 Å². The first-order chi connectivity index (χ1) is 13.5. The Hall–Kier alpha value is -2.47. The van der Waals surface area contributed by atoms with Crippen LogP contribution in [0.25, 0.3) is 16.6 Å². The van der Waals surface area contributed by atoms with E-state index in [0.717, 1.165) is 5.56 Å². The zero-order valence-corrected chi connectivity index (χ0v) is 16.9. The Morgan fingerprint density at radius 1 is 1.29 bits per heavy atom. The van der Waals surface area contributed by atoms with Crippen LogP contribution in [0.1, 0.15) is 17.7 Å². The van der Waals surface area contributed by atoms with Crippen molar-refractivity contribution in [3.8, 4) is 17.5 Å². The lowest BCUT2D eigenvalue weighted by atomic mass is 10.0. The van der Waals surface area contributed by atoms with Crippen molar-refractivity contribution < 1.29 is 18.6 Å². The molecule has 1 aromatic heterocycles. The van der Waals surface area contributed by atoms with Gasteiger partial charge in [-0.3, -0.25) is 0 Å². The highest BCUT2D eigenvalue weighted by Gasteiger charge is 2.35. The molecule has 1 aliphatic rings. The molecule has 0 aliphatic carbocycles. The second kappa shape index (κ2) is 7.17. The van der Waals surface area contributed by atoms with Gasteiger partial charge in [0.1, 0.15) is 17.6 Å². The van der Waals surface area contributed by atoms with Crippen molar-refractivity contribution in [2.45, 2.75) is 18.6 Å². The summed E-state index contributed by atoms with van der Waals surface area (Å²) in [5.41, 5.74) is 2.46. The molecule has 3 aromatic rings. The first kappa shape index (κ1) is 18.9. The summed E-state index contributed by atoms with van der Waals surface area (Å²) in [5, 5.41) is 14.7. The molecule has 6 nitrogen and oxygen atoms in total. The third kappa shape index (κ3) is 2.96. The SMILES string of the molecule is COC1(OC)CCOc2c(cc3c(C#N)nn(-c4ccc(F)cc4)c3c2Br)C1. The van der Waals surface area contributed by atoms with Gasteiger partial charge in [0, 0.05) is 38.0 Å². The molecule has 144 valence electrons. The number of halogens is 2. The number of nitriles is 1. The smallest absolute Gasteiger partial charge is 0.174 e. The maximum atomic E-state index is 13.3. The van der Waals surface area contributed by atoms with E-state index in [1.807, 2.05) is 6.07 Å². The molecule has 0 saturated carbocycles. The maximum absolute atomic E-state index is 13.3. The van der Waals surface area contributed by atoms with Gasteiger partial charge in [0.15, 0.2) is 11.5 Å². The van der Waals surface area contributed by atoms with Crippen LogP contribution in [0.3, 0.4) is 0 Å². The summed E-state index contributed by atoms with van der Waals surface area (Å²) >= 11 is 3.64. The Kier molecular flexibility index (Phi) is 4.83. The van der Waals surface area contributed by atoms with E-state index in [-0.39, 0.29) is 11.5 Å². The van der Waals surface area contributed by atoms with Crippen LogP contribution in [0.15, 0.2) is 34.8 Å². The Labute approximate surface area is 169 Å². The third-order valence-electron chi connectivity index (χ3n) is 5.05. The molecule has 0 N–H and O–H groups in total. The molecule has 8 heteroatoms. The normalized spacial score (nSPS) is 15.5. The van der Waals surface area contributed by atoms with Crippen LogP contribution < -0.4 is 4.74 Å². The molecule has 28 heavy (non-hydrogen) atoms. The summed E-state index contributed by atoms with van der Waals surface area (Å²) in [6.07, 6.45) is 1.03. The second-order valence-electron chi connectivity index (χ2n) is 6.52. The predicted molar refractivity (Wildman–Crippen MR) is 104 cm³/mol. The van der Waals surface area contributed by atoms with Crippen molar-refractivity contribution in [1.29, 1.82) is 5.26 Å². The second-order valence-corrected chi connectivity index (χ2v) is 7.31. The number of methoxy groups -OCH3 is 2. The minimum atomic E-state index is -0.794. The Balaban J connectivity index is 1.97. The van der Waals surface area contributed by atoms with Gasteiger partial charge in [0.25, 0.3) is 0 Å². The van der Waals surface area contributed by atoms with E-state index in [1.165, 1.54) is 12.1 Å². The van der Waals surface area contributed by atoms with Crippen molar-refractivity contribution in [2.75, 3.05) is 20.8 Å². The number of rotatable bonds is 3. The zero-order chi connectivity index (χ0) is 19.9. The topological polar surface area (TPSA) is 69.3 Å². The minimum Gasteiger partial charge on any atom is -0.492 e. The van der Waals surface area contributed by atoms with Crippen LogP contribution in [0.4, 0.5) is 4.39 Å². The zero-order valence-electron chi connectivity index (χ0n) is 15.3. The minimum absolute atomic E-state index is 0.271. The molecule has 0 radical (unpaired) electrons. The molecule has 0 amide bonds. The van der Waals surface area contributed by atoms with Crippen LogP contribution in [-0.4, -0.2) is 36.4 Å². The summed E-state index contributed by atoms with van der Waals surface area (Å²) < 4.78 is 32.9. The van der Waals surface area contributed by atoms with Crippen LogP contribution in [0.2, 0.25) is 0 Å². The molecule has 0 spiro atoms. The summed E-state index contributed by atoms with van der Waals surface area (Å²) in [7, 11) is 3.21. The molecule has 0 atom stereocenters. The molecule has 0 bridgehead atoms. The van der Waals surface area contributed by atoms with Crippen LogP contribution in [0, 0.1) is 17.1 Å². The van der Waals surface area contributed by atoms with Gasteiger partial charge in [-0.1, -0.05) is 0 Å². The predicted octanol–water partition coefficient (Wildman–Crippen LogP) is 4.11. The molecule has 4 rings (SSSR count). The molecule has 2 heterocycles. The molecule has 0 saturated heterocycles. The monoisotopic (exact) mass is 445 g/mol. The number of nitrogens with zero attached hydrogens (tertiary/aromatic N) is 3. The lowest BCUT2D eigenvalue weighted by molar-refractivity contribution is -0.210. The fourth-order valence-electron chi connectivity index (χ4n) is 3.52. The molecule has 0 unspecified atom stereocenters. The van der Waals surface area contributed by atoms with Crippen molar-refractivity contribution in [3.63, 3.8) is 0 Å². The van der Waals surface area contributed by atoms with Gasteiger partial charge in [-0.15, -0.1) is 0 Å². The summed E-state index contributed by atoms with van der Waals surface area (Å²) in [6, 6.07) is 9.97. The van der Waals surface area contributed by atoms with E-state index in [2.05, 4.69) is 27.1 Å². The summed E-state index contributed by atoms with van der Waals surface area (Å²) in [5.74, 6) is -0.471. The fraction of sp³-hybridized carbons (Fsp3) is 0.300. The van der Waals surface area contributed by atoms with Crippen molar-refractivity contribution in [2.24, 2.45) is 0 Å². The Morgan fingerprint density at radius 2 is 2.00 bits per heavy atom. The van der Waals surface area contributed by atoms with Crippen LogP contribution >= 0.6 is 15.9 Å². The number of aromatic nitrogens is 2. The van der Waals surface area contributed by atoms with E-state index >= 15 is 0 Å². The van der Waals surface area contributed by atoms with Crippen molar-refractivity contribution >= 4 is 26.8 Å². The lowest BCUT2D eigenvalue weighted by Crippen LogP contribution is -2.36. The maximum Gasteiger partial charge on any atom is 0.174 e. The van der Waals surface area contributed by atoms with E-state index in [9.17, 15) is 9.65 Å². The standard InChI is InChI=1S/C20H17BrFN3O3/c1-26-20(27-2)7-8-28-19-12(10-20)9-15-16(11-23)24-25(18(15)17(19)21)14-5-3-13(22)4-6-14/h3-6,9H,7-8,10H2,1-2H3. The first-order valence-electron chi connectivity index (χ1n) is 8.65. The summed E-state index contributed by atoms with van der Waals surface area (Å²) in [4.78, 5) is 0. The van der Waals surface area contributed by atoms with Crippen LogP contribution in [0.5, 0.6) is 5.75 Å². The van der Waals surface area contributed by atoms with Gasteiger partial charge >= 0.3 is 0 Å². The van der Waals surface area contributed by atoms with Crippen LogP contribution in [-0.2, 0) is 15.9 Å². The highest BCUT2D eigenvalue weighted by atomic mass is 79.9. The number of fused-ring (bicyclic) bond motifs is 2. The van der Waals surface area contributed by atoms with Gasteiger partial charge in [0.2, 0.25) is 0 Å². The molecular formula is C20H17BrFN3O3. The van der Waals surface area contributed by atoms with E-state index < -0.39 is 5.79 Å². The van der Waals surface area contributed by atoms with E-state index in [4.69, 9.17) is 14.2 Å². The third-order valence-corrected chi connectivity index (χ3v) is 5.79. The number of ether oxygens (including phenoxy) is 3. The largest absolute Gasteiger partial charge is 0.492 e. The molecule has 0 fully saturated rings. The number of hydrogen-bond acceptors (Lipinski definition) is 5. The average Bonchev–Trinajstić information content (AvgIpc) is 2.96. The highest BCUT2D eigenvalue weighted by Crippen LogP contribution is 2.42. The lowest BCUT2D eigenvalue weighted by Gasteiger charge is -2.28. The first-order valence-corrected chi connectivity index (χ1v) is 9.44. The Morgan fingerprint density at radius 3 is 2.64 bits per heavy atom. The van der Waals surface area contributed by atoms with Gasteiger partial charge in [0.05, 0.1) is 22.3 Å². The highest BCUT2D eigenvalue weighted by molar-refractivity contribution is 9.10. The van der Waals surface area contributed by atoms with E-state index in [1.54, 1.807) is 31.0 Å². The average molecular weight is 446 g/mol. The van der Waals surface area contributed by atoms with Crippen molar-refractivity contribution in [3.05, 3.63) is 51.9 Å². The fourth-order valence-corrected chi connectivity index (χ4v) is 4.28. The number of benzene rings is 2. The van der Waals surface area contributed by atoms with Gasteiger partial charge < -0.3 is 14.2 Å². The quantitative estimate of drug-likeness (QED) is 0.567. The number of hydrogen-bond donors (Lipinski definition) is 0. The molecule has 1 aliphatic heterocycles.